The van der Waals surface area contributed by atoms with Crippen LogP contribution in [0.15, 0.2) is 30.3 Å². The number of fused-ring (bicyclic) bond motifs is 1. The van der Waals surface area contributed by atoms with E-state index in [1.54, 1.807) is 59.8 Å². The molecule has 3 rings (SSSR count). The highest BCUT2D eigenvalue weighted by atomic mass is 16.5. The highest BCUT2D eigenvalue weighted by Crippen LogP contribution is 2.39. The predicted molar refractivity (Wildman–Crippen MR) is 119 cm³/mol. The second-order valence-electron chi connectivity index (χ2n) is 7.16. The second-order valence-corrected chi connectivity index (χ2v) is 7.16. The Morgan fingerprint density at radius 2 is 1.45 bits per heavy atom. The van der Waals surface area contributed by atoms with E-state index in [1.807, 2.05) is 24.0 Å². The van der Waals surface area contributed by atoms with Gasteiger partial charge in [0.2, 0.25) is 11.7 Å². The molecular formula is C24H29NO6. The number of amides is 1. The summed E-state index contributed by atoms with van der Waals surface area (Å²) in [4.78, 5) is 14.8. The first kappa shape index (κ1) is 22.3. The van der Waals surface area contributed by atoms with Crippen LogP contribution in [0.5, 0.6) is 28.7 Å². The number of carbonyl (C=O) groups excluding carboxylic acids is 1. The molecule has 0 aromatic heterocycles. The van der Waals surface area contributed by atoms with Gasteiger partial charge in [0, 0.05) is 12.6 Å². The Bertz CT molecular complexity index is 959. The molecule has 7 heteroatoms. The molecule has 0 radical (unpaired) electrons. The minimum atomic E-state index is -0.0827. The van der Waals surface area contributed by atoms with Crippen molar-refractivity contribution in [3.63, 3.8) is 0 Å². The van der Waals surface area contributed by atoms with Gasteiger partial charge in [0.15, 0.2) is 23.0 Å². The largest absolute Gasteiger partial charge is 0.493 e. The van der Waals surface area contributed by atoms with Gasteiger partial charge >= 0.3 is 0 Å². The van der Waals surface area contributed by atoms with Gasteiger partial charge in [-0.2, -0.15) is 0 Å². The Balaban J connectivity index is 1.84. The van der Waals surface area contributed by atoms with Gasteiger partial charge in [-0.3, -0.25) is 4.79 Å². The minimum absolute atomic E-state index is 0.0679. The first-order valence-electron chi connectivity index (χ1n) is 10.0. The summed E-state index contributed by atoms with van der Waals surface area (Å²) < 4.78 is 27.0. The van der Waals surface area contributed by atoms with Crippen molar-refractivity contribution < 1.29 is 28.5 Å². The molecule has 2 aromatic rings. The molecule has 2 aromatic carbocycles. The van der Waals surface area contributed by atoms with Gasteiger partial charge in [-0.05, 0) is 60.4 Å². The lowest BCUT2D eigenvalue weighted by atomic mass is 9.92. The van der Waals surface area contributed by atoms with Gasteiger partial charge < -0.3 is 28.6 Å². The van der Waals surface area contributed by atoms with E-state index >= 15 is 0 Å². The van der Waals surface area contributed by atoms with Crippen LogP contribution >= 0.6 is 0 Å². The molecule has 0 aliphatic carbocycles. The van der Waals surface area contributed by atoms with Crippen molar-refractivity contribution in [1.82, 2.24) is 4.90 Å². The van der Waals surface area contributed by atoms with Crippen LogP contribution in [0.2, 0.25) is 0 Å². The number of ether oxygens (including phenoxy) is 5. The Morgan fingerprint density at radius 3 is 2.00 bits per heavy atom. The average molecular weight is 427 g/mol. The third kappa shape index (κ3) is 4.40. The molecular weight excluding hydrogens is 398 g/mol. The summed E-state index contributed by atoms with van der Waals surface area (Å²) in [5.41, 5.74) is 3.01. The van der Waals surface area contributed by atoms with E-state index in [1.165, 1.54) is 5.56 Å². The van der Waals surface area contributed by atoms with Crippen molar-refractivity contribution in [1.29, 1.82) is 0 Å². The number of nitrogens with zero attached hydrogens (tertiary/aromatic N) is 1. The molecule has 1 amide bonds. The van der Waals surface area contributed by atoms with Crippen LogP contribution in [-0.4, -0.2) is 52.9 Å². The van der Waals surface area contributed by atoms with Crippen LogP contribution in [0.4, 0.5) is 0 Å². The predicted octanol–water partition coefficient (Wildman–Crippen LogP) is 3.89. The highest BCUT2D eigenvalue weighted by Gasteiger charge is 2.28. The van der Waals surface area contributed by atoms with Crippen LogP contribution in [0, 0.1) is 0 Å². The van der Waals surface area contributed by atoms with E-state index in [-0.39, 0.29) is 11.9 Å². The summed E-state index contributed by atoms with van der Waals surface area (Å²) >= 11 is 0. The zero-order valence-electron chi connectivity index (χ0n) is 18.9. The summed E-state index contributed by atoms with van der Waals surface area (Å²) in [7, 11) is 7.92. The maximum absolute atomic E-state index is 13.0. The number of methoxy groups -OCH3 is 5. The van der Waals surface area contributed by atoms with Crippen molar-refractivity contribution in [3.05, 3.63) is 47.0 Å². The zero-order valence-corrected chi connectivity index (χ0v) is 18.9. The summed E-state index contributed by atoms with van der Waals surface area (Å²) in [6, 6.07) is 7.48. The van der Waals surface area contributed by atoms with E-state index in [2.05, 4.69) is 0 Å². The SMILES string of the molecule is COc1cc2c(cc1OC)[C@H](C)N(C(=O)/C=C/c1cc(OC)c(OC)c(OC)c1)CC2. The van der Waals surface area contributed by atoms with E-state index in [4.69, 9.17) is 23.7 Å². The quantitative estimate of drug-likeness (QED) is 0.625. The maximum atomic E-state index is 13.0. The molecule has 1 heterocycles. The van der Waals surface area contributed by atoms with E-state index in [0.29, 0.717) is 35.3 Å². The van der Waals surface area contributed by atoms with Crippen LogP contribution in [0.25, 0.3) is 6.08 Å². The molecule has 0 spiro atoms. The second kappa shape index (κ2) is 9.64. The fourth-order valence-electron chi connectivity index (χ4n) is 3.91. The third-order valence-corrected chi connectivity index (χ3v) is 5.57. The van der Waals surface area contributed by atoms with Crippen molar-refractivity contribution >= 4 is 12.0 Å². The fraction of sp³-hybridized carbons (Fsp3) is 0.375. The summed E-state index contributed by atoms with van der Waals surface area (Å²) in [5.74, 6) is 2.89. The molecule has 0 N–H and O–H groups in total. The lowest BCUT2D eigenvalue weighted by Gasteiger charge is -2.35. The summed E-state index contributed by atoms with van der Waals surface area (Å²) in [6.07, 6.45) is 4.08. The fourth-order valence-corrected chi connectivity index (χ4v) is 3.91. The van der Waals surface area contributed by atoms with Crippen molar-refractivity contribution in [3.8, 4) is 28.7 Å². The first-order chi connectivity index (χ1) is 15.0. The van der Waals surface area contributed by atoms with Gasteiger partial charge in [-0.1, -0.05) is 0 Å². The molecule has 0 saturated heterocycles. The van der Waals surface area contributed by atoms with Gasteiger partial charge in [0.05, 0.1) is 41.6 Å². The van der Waals surface area contributed by atoms with Gasteiger partial charge in [0.1, 0.15) is 0 Å². The molecule has 0 bridgehead atoms. The zero-order chi connectivity index (χ0) is 22.5. The standard InChI is InChI=1S/C24H29NO6/c1-15-18-14-20(28-3)19(27-2)13-17(18)9-10-25(15)23(26)8-7-16-11-21(29-4)24(31-6)22(12-16)30-5/h7-8,11-15H,9-10H2,1-6H3/b8-7+/t15-/m0/s1. The number of benzene rings is 2. The summed E-state index contributed by atoms with van der Waals surface area (Å²) in [5, 5.41) is 0. The molecule has 1 aliphatic heterocycles. The maximum Gasteiger partial charge on any atom is 0.247 e. The molecule has 1 atom stereocenters. The van der Waals surface area contributed by atoms with E-state index in [9.17, 15) is 4.79 Å². The number of hydrogen-bond acceptors (Lipinski definition) is 6. The molecule has 1 aliphatic rings. The van der Waals surface area contributed by atoms with Crippen LogP contribution < -0.4 is 23.7 Å². The number of carbonyl (C=O) groups is 1. The molecule has 166 valence electrons. The first-order valence-corrected chi connectivity index (χ1v) is 10.0. The van der Waals surface area contributed by atoms with Crippen LogP contribution in [0.1, 0.15) is 29.7 Å². The Morgan fingerprint density at radius 1 is 0.871 bits per heavy atom. The van der Waals surface area contributed by atoms with Crippen molar-refractivity contribution in [2.75, 3.05) is 42.1 Å². The smallest absolute Gasteiger partial charge is 0.247 e. The molecule has 0 saturated carbocycles. The normalized spacial score (nSPS) is 15.4. The monoisotopic (exact) mass is 427 g/mol. The van der Waals surface area contributed by atoms with Crippen molar-refractivity contribution in [2.45, 2.75) is 19.4 Å². The Kier molecular flexibility index (Phi) is 6.95. The number of rotatable bonds is 7. The number of hydrogen-bond donors (Lipinski definition) is 0. The molecule has 0 fully saturated rings. The van der Waals surface area contributed by atoms with Crippen LogP contribution in [-0.2, 0) is 11.2 Å². The highest BCUT2D eigenvalue weighted by molar-refractivity contribution is 5.92. The molecule has 31 heavy (non-hydrogen) atoms. The van der Waals surface area contributed by atoms with Gasteiger partial charge in [0.25, 0.3) is 0 Å². The molecule has 7 nitrogen and oxygen atoms in total. The lowest BCUT2D eigenvalue weighted by molar-refractivity contribution is -0.128. The topological polar surface area (TPSA) is 66.5 Å². The van der Waals surface area contributed by atoms with E-state index < -0.39 is 0 Å². The Hall–Kier alpha value is -3.35. The van der Waals surface area contributed by atoms with E-state index in [0.717, 1.165) is 17.5 Å². The summed E-state index contributed by atoms with van der Waals surface area (Å²) in [6.45, 7) is 2.65. The molecule has 0 unspecified atom stereocenters. The van der Waals surface area contributed by atoms with Gasteiger partial charge in [-0.15, -0.1) is 0 Å². The van der Waals surface area contributed by atoms with Crippen LogP contribution in [0.3, 0.4) is 0 Å². The third-order valence-electron chi connectivity index (χ3n) is 5.57. The Labute approximate surface area is 183 Å². The lowest BCUT2D eigenvalue weighted by Crippen LogP contribution is -2.37. The van der Waals surface area contributed by atoms with Crippen molar-refractivity contribution in [2.24, 2.45) is 0 Å². The average Bonchev–Trinajstić information content (AvgIpc) is 2.81. The minimum Gasteiger partial charge on any atom is -0.493 e. The van der Waals surface area contributed by atoms with Gasteiger partial charge in [-0.25, -0.2) is 0 Å².